The van der Waals surface area contributed by atoms with Gasteiger partial charge in [0.2, 0.25) is 0 Å². The van der Waals surface area contributed by atoms with Gasteiger partial charge in [0.1, 0.15) is 0 Å². The molecular formula is C74H65FeN2-. The average Bonchev–Trinajstić information content (AvgIpc) is 3.48. The summed E-state index contributed by atoms with van der Waals surface area (Å²) in [5.74, 6) is 0. The van der Waals surface area contributed by atoms with Crippen LogP contribution in [0.1, 0.15) is 30.5 Å². The Bertz CT molecular complexity index is 3320. The van der Waals surface area contributed by atoms with Gasteiger partial charge in [-0.3, -0.25) is 4.99 Å². The maximum atomic E-state index is 5.42. The molecule has 0 aliphatic carbocycles. The number of aryl methyl sites for hydroxylation is 3. The summed E-state index contributed by atoms with van der Waals surface area (Å²) >= 11 is 0. The van der Waals surface area contributed by atoms with Crippen molar-refractivity contribution < 1.29 is 17.1 Å². The maximum Gasteiger partial charge on any atom is 0.0789 e. The largest absolute Gasteiger partial charge is 0.660 e. The molecule has 0 amide bonds. The molecule has 0 heterocycles. The van der Waals surface area contributed by atoms with Crippen LogP contribution in [0.25, 0.3) is 72.1 Å². The molecule has 0 spiro atoms. The Morgan fingerprint density at radius 2 is 0.532 bits per heavy atom. The van der Waals surface area contributed by atoms with Crippen molar-refractivity contribution in [3.63, 3.8) is 0 Å². The zero-order valence-corrected chi connectivity index (χ0v) is 45.7. The summed E-state index contributed by atoms with van der Waals surface area (Å²) < 4.78 is 0. The van der Waals surface area contributed by atoms with E-state index in [1.54, 1.807) is 0 Å². The summed E-state index contributed by atoms with van der Waals surface area (Å²) in [4.78, 5) is 5.42. The second kappa shape index (κ2) is 29.3. The van der Waals surface area contributed by atoms with Gasteiger partial charge in [0.05, 0.1) is 5.69 Å². The second-order valence-corrected chi connectivity index (χ2v) is 18.7. The van der Waals surface area contributed by atoms with Gasteiger partial charge in [-0.1, -0.05) is 303 Å². The molecule has 2 nitrogen and oxygen atoms in total. The van der Waals surface area contributed by atoms with Gasteiger partial charge in [0, 0.05) is 33.9 Å². The number of benzene rings is 11. The molecule has 0 radical (unpaired) electrons. The quantitative estimate of drug-likeness (QED) is 0.0964. The van der Waals surface area contributed by atoms with Crippen molar-refractivity contribution in [2.24, 2.45) is 4.99 Å². The molecule has 77 heavy (non-hydrogen) atoms. The number of hydrogen-bond donors (Lipinski definition) is 0. The van der Waals surface area contributed by atoms with Gasteiger partial charge >= 0.3 is 0 Å². The minimum absolute atomic E-state index is 0. The summed E-state index contributed by atoms with van der Waals surface area (Å²) in [5, 5.41) is 5.42. The molecule has 0 aliphatic rings. The molecule has 0 saturated heterocycles. The molecule has 0 unspecified atom stereocenters. The van der Waals surface area contributed by atoms with E-state index in [1.165, 1.54) is 27.8 Å². The van der Waals surface area contributed by atoms with E-state index in [-0.39, 0.29) is 17.1 Å². The number of allylic oxidation sites excluding steroid dienone is 2. The average molecular weight is 1040 g/mol. The fourth-order valence-electron chi connectivity index (χ4n) is 8.78. The molecule has 0 aromatic heterocycles. The van der Waals surface area contributed by atoms with Crippen molar-refractivity contribution in [2.75, 3.05) is 0 Å². The van der Waals surface area contributed by atoms with Crippen LogP contribution in [0.2, 0.25) is 0 Å². The molecule has 0 fully saturated rings. The smallest absolute Gasteiger partial charge is 0.0789 e. The molecule has 11 aromatic rings. The summed E-state index contributed by atoms with van der Waals surface area (Å²) in [5.41, 5.74) is 21.0. The van der Waals surface area contributed by atoms with Crippen LogP contribution in [0, 0.1) is 20.8 Å². The monoisotopic (exact) mass is 1040 g/mol. The first-order valence-corrected chi connectivity index (χ1v) is 26.0. The van der Waals surface area contributed by atoms with Crippen LogP contribution in [-0.2, 0) is 17.1 Å². The van der Waals surface area contributed by atoms with Gasteiger partial charge in [-0.05, 0) is 108 Å². The van der Waals surface area contributed by atoms with E-state index in [9.17, 15) is 0 Å². The SMILES string of the molecule is CC(/C=C(/C)[N-]c1c(-c2ccccc2)cc(-c2ccccc2)cc1-c1ccccc1)=Nc1c(-c2ccccc2)cc(-c2ccccc2)cc1-c1ccccc1.Cc1ccccc1.Cc1ccccc1.Cc1ccccc1.[Fe]. The Kier molecular flexibility index (Phi) is 21.3. The van der Waals surface area contributed by atoms with Crippen LogP contribution in [0.4, 0.5) is 11.4 Å². The number of hydrogen-bond acceptors (Lipinski definition) is 1. The third-order valence-electron chi connectivity index (χ3n) is 12.6. The van der Waals surface area contributed by atoms with Crippen LogP contribution in [0.3, 0.4) is 0 Å². The van der Waals surface area contributed by atoms with Crippen LogP contribution in [0.15, 0.2) is 314 Å². The molecule has 0 N–H and O–H groups in total. The molecule has 0 atom stereocenters. The topological polar surface area (TPSA) is 26.5 Å². The molecule has 380 valence electrons. The number of nitrogens with zero attached hydrogens (tertiary/aromatic N) is 2. The van der Waals surface area contributed by atoms with E-state index in [2.05, 4.69) is 283 Å². The molecule has 0 aliphatic heterocycles. The zero-order chi connectivity index (χ0) is 52.7. The van der Waals surface area contributed by atoms with Crippen LogP contribution in [-0.4, -0.2) is 5.71 Å². The van der Waals surface area contributed by atoms with Crippen LogP contribution >= 0.6 is 0 Å². The van der Waals surface area contributed by atoms with Crippen molar-refractivity contribution >= 4 is 17.1 Å². The van der Waals surface area contributed by atoms with Gasteiger partial charge in [0.15, 0.2) is 0 Å². The number of rotatable bonds is 10. The Morgan fingerprint density at radius 1 is 0.299 bits per heavy atom. The Balaban J connectivity index is 0.000000324. The fraction of sp³-hybridized carbons (Fsp3) is 0.0676. The van der Waals surface area contributed by atoms with Crippen molar-refractivity contribution in [1.82, 2.24) is 0 Å². The third kappa shape index (κ3) is 16.6. The summed E-state index contributed by atoms with van der Waals surface area (Å²) in [6.07, 6.45) is 2.10. The number of aliphatic imine (C=N–C) groups is 1. The standard InChI is InChI=1S/C53H41N2.3C7H8.Fe/c1-38(54-52-48(42-25-13-5-14-26-42)34-46(40-21-9-3-10-22-40)35-49(52)43-27-15-6-16-28-43)33-39(2)55-53-50(44-29-17-7-18-30-44)36-47(41-23-11-4-12-24-41)37-51(53)45-31-19-8-20-32-45;3*1-7-5-3-2-4-6-7;/h3-37H,1-2H3;3*2-6H,1H3;/q-1;;;;/b38-33-,55-39?;;;;. The van der Waals surface area contributed by atoms with E-state index in [0.29, 0.717) is 0 Å². The molecule has 0 bridgehead atoms. The van der Waals surface area contributed by atoms with E-state index in [4.69, 9.17) is 10.3 Å². The Labute approximate surface area is 468 Å². The molecule has 11 rings (SSSR count). The summed E-state index contributed by atoms with van der Waals surface area (Å²) in [6, 6.07) is 103. The summed E-state index contributed by atoms with van der Waals surface area (Å²) in [6.45, 7) is 10.4. The minimum Gasteiger partial charge on any atom is -0.660 e. The van der Waals surface area contributed by atoms with Crippen molar-refractivity contribution in [1.29, 1.82) is 0 Å². The fourth-order valence-corrected chi connectivity index (χ4v) is 8.78. The predicted molar refractivity (Wildman–Crippen MR) is 329 cm³/mol. The van der Waals surface area contributed by atoms with Crippen LogP contribution in [0.5, 0.6) is 0 Å². The van der Waals surface area contributed by atoms with Gasteiger partial charge in [0.25, 0.3) is 0 Å². The first-order valence-electron chi connectivity index (χ1n) is 26.0. The van der Waals surface area contributed by atoms with Gasteiger partial charge in [-0.2, -0.15) is 5.70 Å². The molecule has 3 heteroatoms. The minimum atomic E-state index is 0. The normalized spacial score (nSPS) is 10.7. The van der Waals surface area contributed by atoms with E-state index < -0.39 is 0 Å². The Hall–Kier alpha value is -8.85. The Morgan fingerprint density at radius 3 is 0.792 bits per heavy atom. The molecular weight excluding hydrogens is 973 g/mol. The van der Waals surface area contributed by atoms with Gasteiger partial charge in [-0.25, -0.2) is 0 Å². The van der Waals surface area contributed by atoms with Gasteiger partial charge < -0.3 is 5.32 Å². The zero-order valence-electron chi connectivity index (χ0n) is 44.6. The molecule has 0 saturated carbocycles. The van der Waals surface area contributed by atoms with Crippen molar-refractivity contribution in [3.8, 4) is 66.8 Å². The van der Waals surface area contributed by atoms with E-state index in [0.717, 1.165) is 78.4 Å². The van der Waals surface area contributed by atoms with E-state index >= 15 is 0 Å². The second-order valence-electron chi connectivity index (χ2n) is 18.7. The first kappa shape index (κ1) is 55.9. The molecule has 11 aromatic carbocycles. The third-order valence-corrected chi connectivity index (χ3v) is 12.6. The van der Waals surface area contributed by atoms with Crippen LogP contribution < -0.4 is 0 Å². The predicted octanol–water partition coefficient (Wildman–Crippen LogP) is 21.4. The maximum absolute atomic E-state index is 5.42. The van der Waals surface area contributed by atoms with Crippen molar-refractivity contribution in [2.45, 2.75) is 34.6 Å². The summed E-state index contributed by atoms with van der Waals surface area (Å²) in [7, 11) is 0. The first-order chi connectivity index (χ1) is 37.3. The van der Waals surface area contributed by atoms with Gasteiger partial charge in [-0.15, -0.1) is 5.69 Å². The van der Waals surface area contributed by atoms with E-state index in [1.807, 2.05) is 54.6 Å². The van der Waals surface area contributed by atoms with Crippen molar-refractivity contribution in [3.05, 3.63) is 331 Å².